The Labute approximate surface area is 115 Å². The molecule has 0 atom stereocenters. The normalized spacial score (nSPS) is 10.7. The SMILES string of the molecule is CCNCc1ccc(COc2cc(F)cc(F)c2)s1. The third kappa shape index (κ3) is 4.29. The zero-order valence-electron chi connectivity index (χ0n) is 10.6. The van der Waals surface area contributed by atoms with E-state index in [9.17, 15) is 8.78 Å². The molecule has 0 unspecified atom stereocenters. The van der Waals surface area contributed by atoms with Crippen LogP contribution in [0.5, 0.6) is 5.75 Å². The predicted octanol–water partition coefficient (Wildman–Crippen LogP) is 3.71. The Hall–Kier alpha value is -1.46. The van der Waals surface area contributed by atoms with Gasteiger partial charge in [0.15, 0.2) is 0 Å². The Morgan fingerprint density at radius 3 is 2.47 bits per heavy atom. The van der Waals surface area contributed by atoms with Gasteiger partial charge in [-0.05, 0) is 18.7 Å². The van der Waals surface area contributed by atoms with E-state index in [1.807, 2.05) is 12.1 Å². The molecule has 0 aliphatic carbocycles. The van der Waals surface area contributed by atoms with Gasteiger partial charge in [0, 0.05) is 34.5 Å². The Balaban J connectivity index is 1.92. The number of ether oxygens (including phenoxy) is 1. The van der Waals surface area contributed by atoms with E-state index in [1.165, 1.54) is 17.0 Å². The molecular weight excluding hydrogens is 268 g/mol. The monoisotopic (exact) mass is 283 g/mol. The van der Waals surface area contributed by atoms with Gasteiger partial charge in [0.2, 0.25) is 0 Å². The van der Waals surface area contributed by atoms with Gasteiger partial charge >= 0.3 is 0 Å². The molecule has 0 spiro atoms. The van der Waals surface area contributed by atoms with Crippen molar-refractivity contribution in [2.24, 2.45) is 0 Å². The molecule has 1 aromatic heterocycles. The van der Waals surface area contributed by atoms with Crippen molar-refractivity contribution in [3.8, 4) is 5.75 Å². The molecule has 0 saturated carbocycles. The van der Waals surface area contributed by atoms with Crippen LogP contribution < -0.4 is 10.1 Å². The van der Waals surface area contributed by atoms with Crippen LogP contribution in [0.1, 0.15) is 16.7 Å². The summed E-state index contributed by atoms with van der Waals surface area (Å²) in [5, 5.41) is 3.24. The van der Waals surface area contributed by atoms with E-state index < -0.39 is 11.6 Å². The highest BCUT2D eigenvalue weighted by molar-refractivity contribution is 7.11. The molecular formula is C14H15F2NOS. The van der Waals surface area contributed by atoms with Crippen molar-refractivity contribution in [2.75, 3.05) is 6.54 Å². The molecule has 2 nitrogen and oxygen atoms in total. The number of rotatable bonds is 6. The smallest absolute Gasteiger partial charge is 0.129 e. The summed E-state index contributed by atoms with van der Waals surface area (Å²) in [6.07, 6.45) is 0. The van der Waals surface area contributed by atoms with E-state index in [0.717, 1.165) is 24.0 Å². The van der Waals surface area contributed by atoms with E-state index >= 15 is 0 Å². The van der Waals surface area contributed by atoms with Gasteiger partial charge in [0.1, 0.15) is 24.0 Å². The molecule has 0 radical (unpaired) electrons. The predicted molar refractivity (Wildman–Crippen MR) is 72.4 cm³/mol. The summed E-state index contributed by atoms with van der Waals surface area (Å²) in [5.74, 6) is -1.05. The van der Waals surface area contributed by atoms with Gasteiger partial charge in [-0.2, -0.15) is 0 Å². The van der Waals surface area contributed by atoms with E-state index in [0.29, 0.717) is 6.61 Å². The maximum Gasteiger partial charge on any atom is 0.129 e. The molecule has 1 aromatic carbocycles. The molecule has 0 bridgehead atoms. The lowest BCUT2D eigenvalue weighted by Gasteiger charge is -2.04. The van der Waals surface area contributed by atoms with Crippen molar-refractivity contribution in [3.63, 3.8) is 0 Å². The summed E-state index contributed by atoms with van der Waals surface area (Å²) in [6.45, 7) is 4.12. The molecule has 19 heavy (non-hydrogen) atoms. The summed E-state index contributed by atoms with van der Waals surface area (Å²) in [6, 6.07) is 7.17. The second-order valence-electron chi connectivity index (χ2n) is 4.04. The minimum absolute atomic E-state index is 0.208. The van der Waals surface area contributed by atoms with E-state index in [1.54, 1.807) is 11.3 Å². The number of hydrogen-bond acceptors (Lipinski definition) is 3. The van der Waals surface area contributed by atoms with Crippen LogP contribution >= 0.6 is 11.3 Å². The quantitative estimate of drug-likeness (QED) is 0.872. The summed E-state index contributed by atoms with van der Waals surface area (Å²) in [4.78, 5) is 2.24. The van der Waals surface area contributed by atoms with Gasteiger partial charge in [-0.15, -0.1) is 11.3 Å². The van der Waals surface area contributed by atoms with Crippen molar-refractivity contribution in [1.82, 2.24) is 5.32 Å². The zero-order valence-corrected chi connectivity index (χ0v) is 11.4. The van der Waals surface area contributed by atoms with Crippen LogP contribution in [0.3, 0.4) is 0 Å². The van der Waals surface area contributed by atoms with Gasteiger partial charge in [-0.1, -0.05) is 6.92 Å². The van der Waals surface area contributed by atoms with Crippen LogP contribution in [0.25, 0.3) is 0 Å². The number of benzene rings is 1. The first kappa shape index (κ1) is 14.0. The van der Waals surface area contributed by atoms with Crippen molar-refractivity contribution in [2.45, 2.75) is 20.1 Å². The van der Waals surface area contributed by atoms with Gasteiger partial charge in [-0.3, -0.25) is 0 Å². The van der Waals surface area contributed by atoms with Gasteiger partial charge in [0.05, 0.1) is 0 Å². The van der Waals surface area contributed by atoms with Crippen LogP contribution in [0.2, 0.25) is 0 Å². The standard InChI is InChI=1S/C14H15F2NOS/c1-2-17-8-13-3-4-14(19-13)9-18-12-6-10(15)5-11(16)7-12/h3-7,17H,2,8-9H2,1H3. The fraction of sp³-hybridized carbons (Fsp3) is 0.286. The van der Waals surface area contributed by atoms with Crippen LogP contribution in [-0.4, -0.2) is 6.54 Å². The van der Waals surface area contributed by atoms with Gasteiger partial charge < -0.3 is 10.1 Å². The third-order valence-corrected chi connectivity index (χ3v) is 3.54. The lowest BCUT2D eigenvalue weighted by atomic mass is 10.3. The fourth-order valence-corrected chi connectivity index (χ4v) is 2.51. The van der Waals surface area contributed by atoms with Crippen molar-refractivity contribution >= 4 is 11.3 Å². The highest BCUT2D eigenvalue weighted by Gasteiger charge is 2.04. The lowest BCUT2D eigenvalue weighted by Crippen LogP contribution is -2.10. The van der Waals surface area contributed by atoms with E-state index in [-0.39, 0.29) is 5.75 Å². The van der Waals surface area contributed by atoms with Gasteiger partial charge in [-0.25, -0.2) is 8.78 Å². The molecule has 0 aliphatic heterocycles. The second kappa shape index (κ2) is 6.63. The molecule has 0 amide bonds. The molecule has 5 heteroatoms. The first-order valence-corrected chi connectivity index (χ1v) is 6.86. The maximum absolute atomic E-state index is 13.0. The Morgan fingerprint density at radius 2 is 1.79 bits per heavy atom. The molecule has 1 heterocycles. The number of hydrogen-bond donors (Lipinski definition) is 1. The average molecular weight is 283 g/mol. The van der Waals surface area contributed by atoms with E-state index in [2.05, 4.69) is 12.2 Å². The van der Waals surface area contributed by atoms with Crippen LogP contribution in [0, 0.1) is 11.6 Å². The lowest BCUT2D eigenvalue weighted by molar-refractivity contribution is 0.306. The molecule has 0 saturated heterocycles. The number of halogens is 2. The minimum atomic E-state index is -0.631. The van der Waals surface area contributed by atoms with Crippen molar-refractivity contribution < 1.29 is 13.5 Å². The van der Waals surface area contributed by atoms with Crippen LogP contribution in [0.15, 0.2) is 30.3 Å². The molecule has 2 rings (SSSR count). The summed E-state index contributed by atoms with van der Waals surface area (Å²) in [5.41, 5.74) is 0. The number of nitrogens with one attached hydrogen (secondary N) is 1. The highest BCUT2D eigenvalue weighted by atomic mass is 32.1. The molecule has 1 N–H and O–H groups in total. The average Bonchev–Trinajstić information content (AvgIpc) is 2.81. The summed E-state index contributed by atoms with van der Waals surface area (Å²) >= 11 is 1.63. The van der Waals surface area contributed by atoms with Crippen LogP contribution in [0.4, 0.5) is 8.78 Å². The molecule has 102 valence electrons. The fourth-order valence-electron chi connectivity index (χ4n) is 1.61. The van der Waals surface area contributed by atoms with E-state index in [4.69, 9.17) is 4.74 Å². The maximum atomic E-state index is 13.0. The van der Waals surface area contributed by atoms with Crippen molar-refractivity contribution in [1.29, 1.82) is 0 Å². The minimum Gasteiger partial charge on any atom is -0.488 e. The van der Waals surface area contributed by atoms with Crippen LogP contribution in [-0.2, 0) is 13.2 Å². The highest BCUT2D eigenvalue weighted by Crippen LogP contribution is 2.20. The number of thiophene rings is 1. The molecule has 2 aromatic rings. The first-order chi connectivity index (χ1) is 9.17. The Bertz CT molecular complexity index is 522. The largest absolute Gasteiger partial charge is 0.488 e. The topological polar surface area (TPSA) is 21.3 Å². The molecule has 0 aliphatic rings. The zero-order chi connectivity index (χ0) is 13.7. The molecule has 0 fully saturated rings. The third-order valence-electron chi connectivity index (χ3n) is 2.48. The Kier molecular flexibility index (Phi) is 4.87. The summed E-state index contributed by atoms with van der Waals surface area (Å²) in [7, 11) is 0. The van der Waals surface area contributed by atoms with Gasteiger partial charge in [0.25, 0.3) is 0 Å². The summed E-state index contributed by atoms with van der Waals surface area (Å²) < 4.78 is 31.3. The van der Waals surface area contributed by atoms with Crippen molar-refractivity contribution in [3.05, 3.63) is 51.7 Å². The first-order valence-electron chi connectivity index (χ1n) is 6.04. The second-order valence-corrected chi connectivity index (χ2v) is 5.30. The Morgan fingerprint density at radius 1 is 1.11 bits per heavy atom.